The molecule has 0 saturated heterocycles. The van der Waals surface area contributed by atoms with E-state index in [1.807, 2.05) is 0 Å². The number of anilines is 1. The summed E-state index contributed by atoms with van der Waals surface area (Å²) in [5.41, 5.74) is 2.26. The van der Waals surface area contributed by atoms with E-state index in [2.05, 4.69) is 20.2 Å². The van der Waals surface area contributed by atoms with Gasteiger partial charge in [0.15, 0.2) is 5.82 Å². The molecule has 102 valence electrons. The number of nitrogens with zero attached hydrogens (tertiary/aromatic N) is 3. The summed E-state index contributed by atoms with van der Waals surface area (Å²) in [5, 5.41) is 3.98. The Balaban J connectivity index is 2.05. The van der Waals surface area contributed by atoms with Crippen LogP contribution in [0, 0.1) is 0 Å². The van der Waals surface area contributed by atoms with Gasteiger partial charge in [0, 0.05) is 25.1 Å². The Morgan fingerprint density at radius 3 is 2.84 bits per heavy atom. The van der Waals surface area contributed by atoms with Gasteiger partial charge in [-0.15, -0.1) is 0 Å². The topological polar surface area (TPSA) is 115 Å². The van der Waals surface area contributed by atoms with Crippen LogP contribution in [0.3, 0.4) is 0 Å². The number of hydrazine groups is 1. The van der Waals surface area contributed by atoms with Crippen LogP contribution in [-0.4, -0.2) is 29.7 Å². The Morgan fingerprint density at radius 1 is 1.32 bits per heavy atom. The first-order chi connectivity index (χ1) is 9.13. The molecule has 0 radical (unpaired) electrons. The third-order valence-corrected chi connectivity index (χ3v) is 3.88. The van der Waals surface area contributed by atoms with Crippen LogP contribution in [0.1, 0.15) is 0 Å². The Morgan fingerprint density at radius 2 is 2.16 bits per heavy atom. The second-order valence-electron chi connectivity index (χ2n) is 3.66. The Bertz CT molecular complexity index is 625. The molecule has 2 aromatic heterocycles. The maximum Gasteiger partial charge on any atom is 0.244 e. The second kappa shape index (κ2) is 5.78. The summed E-state index contributed by atoms with van der Waals surface area (Å²) in [6.07, 6.45) is 4.84. The van der Waals surface area contributed by atoms with Gasteiger partial charge in [0.05, 0.1) is 6.54 Å². The molecule has 2 heterocycles. The van der Waals surface area contributed by atoms with Gasteiger partial charge < -0.3 is 5.43 Å². The summed E-state index contributed by atoms with van der Waals surface area (Å²) < 4.78 is 28.2. The molecule has 4 N–H and O–H groups in total. The van der Waals surface area contributed by atoms with Crippen LogP contribution in [0.15, 0.2) is 41.7 Å². The van der Waals surface area contributed by atoms with Crippen LogP contribution >= 0.6 is 0 Å². The van der Waals surface area contributed by atoms with Crippen molar-refractivity contribution in [3.63, 3.8) is 0 Å². The van der Waals surface area contributed by atoms with E-state index >= 15 is 0 Å². The Kier molecular flexibility index (Phi) is 4.10. The van der Waals surface area contributed by atoms with Crippen LogP contribution in [0.2, 0.25) is 0 Å². The predicted molar refractivity (Wildman–Crippen MR) is 69.5 cm³/mol. The average molecular weight is 282 g/mol. The number of aromatic nitrogens is 3. The smallest absolute Gasteiger partial charge is 0.244 e. The maximum absolute atomic E-state index is 12.1. The quantitative estimate of drug-likeness (QED) is 0.488. The lowest BCUT2D eigenvalue weighted by Gasteiger charge is -2.09. The normalized spacial score (nSPS) is 11.4. The molecule has 0 bridgehead atoms. The average Bonchev–Trinajstić information content (AvgIpc) is 2.91. The standard InChI is InChI=1S/C10H14N6O2S/c11-15-10-9(3-1-4-12-10)19(17,18)14-6-8-16-7-2-5-13-16/h1-5,7,14H,6,8,11H2,(H,12,15). The number of nitrogens with two attached hydrogens (primary N) is 1. The van der Waals surface area contributed by atoms with Crippen molar-refractivity contribution < 1.29 is 8.42 Å². The molecule has 0 amide bonds. The SMILES string of the molecule is NNc1ncccc1S(=O)(=O)NCCn1cccn1. The molecule has 9 heteroatoms. The highest BCUT2D eigenvalue weighted by Gasteiger charge is 2.18. The lowest BCUT2D eigenvalue weighted by Crippen LogP contribution is -2.29. The number of pyridine rings is 1. The fourth-order valence-electron chi connectivity index (χ4n) is 1.52. The monoisotopic (exact) mass is 282 g/mol. The van der Waals surface area contributed by atoms with Gasteiger partial charge in [-0.25, -0.2) is 24.0 Å². The van der Waals surface area contributed by atoms with E-state index in [-0.39, 0.29) is 17.3 Å². The van der Waals surface area contributed by atoms with Gasteiger partial charge in [-0.3, -0.25) is 4.68 Å². The van der Waals surface area contributed by atoms with Crippen LogP contribution in [-0.2, 0) is 16.6 Å². The molecule has 0 aliphatic carbocycles. The van der Waals surface area contributed by atoms with E-state index in [9.17, 15) is 8.42 Å². The molecule has 0 aliphatic rings. The number of nitrogens with one attached hydrogen (secondary N) is 2. The van der Waals surface area contributed by atoms with Crippen molar-refractivity contribution in [2.75, 3.05) is 12.0 Å². The van der Waals surface area contributed by atoms with Crippen molar-refractivity contribution in [1.29, 1.82) is 0 Å². The first kappa shape index (κ1) is 13.5. The molecule has 0 atom stereocenters. The molecular formula is C10H14N6O2S. The van der Waals surface area contributed by atoms with E-state index in [1.54, 1.807) is 23.1 Å². The molecule has 2 rings (SSSR count). The molecule has 19 heavy (non-hydrogen) atoms. The minimum atomic E-state index is -3.65. The van der Waals surface area contributed by atoms with E-state index in [4.69, 9.17) is 5.84 Å². The van der Waals surface area contributed by atoms with E-state index in [1.165, 1.54) is 18.3 Å². The van der Waals surface area contributed by atoms with E-state index < -0.39 is 10.0 Å². The molecular weight excluding hydrogens is 268 g/mol. The number of hydrogen-bond donors (Lipinski definition) is 3. The molecule has 0 saturated carbocycles. The van der Waals surface area contributed by atoms with Gasteiger partial charge in [-0.1, -0.05) is 0 Å². The molecule has 0 fully saturated rings. The van der Waals surface area contributed by atoms with Crippen molar-refractivity contribution in [3.8, 4) is 0 Å². The second-order valence-corrected chi connectivity index (χ2v) is 5.40. The molecule has 2 aromatic rings. The summed E-state index contributed by atoms with van der Waals surface area (Å²) in [5.74, 6) is 5.34. The van der Waals surface area contributed by atoms with E-state index in [0.717, 1.165) is 0 Å². The Hall–Kier alpha value is -1.97. The predicted octanol–water partition coefficient (Wildman–Crippen LogP) is -0.458. The number of rotatable bonds is 6. The zero-order valence-corrected chi connectivity index (χ0v) is 10.8. The fourth-order valence-corrected chi connectivity index (χ4v) is 2.66. The van der Waals surface area contributed by atoms with Gasteiger partial charge in [-0.05, 0) is 18.2 Å². The first-order valence-electron chi connectivity index (χ1n) is 5.52. The van der Waals surface area contributed by atoms with Crippen molar-refractivity contribution >= 4 is 15.8 Å². The van der Waals surface area contributed by atoms with Gasteiger partial charge in [-0.2, -0.15) is 5.10 Å². The molecule has 0 aliphatic heterocycles. The molecule has 0 unspecified atom stereocenters. The van der Waals surface area contributed by atoms with Crippen LogP contribution in [0.4, 0.5) is 5.82 Å². The fraction of sp³-hybridized carbons (Fsp3) is 0.200. The highest BCUT2D eigenvalue weighted by atomic mass is 32.2. The van der Waals surface area contributed by atoms with Crippen LogP contribution < -0.4 is 16.0 Å². The first-order valence-corrected chi connectivity index (χ1v) is 7.00. The number of hydrogen-bond acceptors (Lipinski definition) is 6. The van der Waals surface area contributed by atoms with Crippen molar-refractivity contribution in [1.82, 2.24) is 19.5 Å². The molecule has 8 nitrogen and oxygen atoms in total. The Labute approximate surface area is 110 Å². The van der Waals surface area contributed by atoms with E-state index in [0.29, 0.717) is 6.54 Å². The molecule has 0 aromatic carbocycles. The zero-order chi connectivity index (χ0) is 13.7. The van der Waals surface area contributed by atoms with Crippen molar-refractivity contribution in [2.24, 2.45) is 5.84 Å². The lowest BCUT2D eigenvalue weighted by atomic mass is 10.5. The minimum Gasteiger partial charge on any atom is -0.307 e. The lowest BCUT2D eigenvalue weighted by molar-refractivity contribution is 0.561. The molecule has 0 spiro atoms. The number of nitrogen functional groups attached to an aromatic ring is 1. The van der Waals surface area contributed by atoms with Gasteiger partial charge in [0.2, 0.25) is 10.0 Å². The van der Waals surface area contributed by atoms with Crippen LogP contribution in [0.25, 0.3) is 0 Å². The van der Waals surface area contributed by atoms with Gasteiger partial charge in [0.25, 0.3) is 0 Å². The number of sulfonamides is 1. The van der Waals surface area contributed by atoms with Crippen LogP contribution in [0.5, 0.6) is 0 Å². The summed E-state index contributed by atoms with van der Waals surface area (Å²) in [7, 11) is -3.65. The largest absolute Gasteiger partial charge is 0.307 e. The third kappa shape index (κ3) is 3.28. The maximum atomic E-state index is 12.1. The third-order valence-electron chi connectivity index (χ3n) is 2.39. The summed E-state index contributed by atoms with van der Waals surface area (Å²) in [6.45, 7) is 0.667. The summed E-state index contributed by atoms with van der Waals surface area (Å²) in [6, 6.07) is 4.73. The highest BCUT2D eigenvalue weighted by Crippen LogP contribution is 2.16. The zero-order valence-electron chi connectivity index (χ0n) is 10.0. The highest BCUT2D eigenvalue weighted by molar-refractivity contribution is 7.89. The van der Waals surface area contributed by atoms with Crippen molar-refractivity contribution in [2.45, 2.75) is 11.4 Å². The van der Waals surface area contributed by atoms with Crippen molar-refractivity contribution in [3.05, 3.63) is 36.8 Å². The summed E-state index contributed by atoms with van der Waals surface area (Å²) >= 11 is 0. The minimum absolute atomic E-state index is 0.0120. The van der Waals surface area contributed by atoms with Gasteiger partial charge in [0.1, 0.15) is 4.90 Å². The summed E-state index contributed by atoms with van der Waals surface area (Å²) in [4.78, 5) is 3.86. The van der Waals surface area contributed by atoms with Gasteiger partial charge >= 0.3 is 0 Å².